The largest absolute Gasteiger partial charge is 0.506 e. The normalized spacial score (nSPS) is 16.9. The lowest BCUT2D eigenvalue weighted by atomic mass is 10.1. The van der Waals surface area contributed by atoms with Crippen LogP contribution < -0.4 is 0 Å². The topological polar surface area (TPSA) is 127 Å². The predicted octanol–water partition coefficient (Wildman–Crippen LogP) is 2.89. The molecule has 1 heterocycles. The van der Waals surface area contributed by atoms with Crippen LogP contribution in [-0.2, 0) is 14.3 Å². The summed E-state index contributed by atoms with van der Waals surface area (Å²) in [6, 6.07) is 1.18. The number of carbonyl (C=O) groups excluding carboxylic acids is 3. The zero-order valence-corrected chi connectivity index (χ0v) is 16.6. The van der Waals surface area contributed by atoms with E-state index in [0.29, 0.717) is 11.8 Å². The van der Waals surface area contributed by atoms with Crippen LogP contribution in [0.1, 0.15) is 19.4 Å². The first kappa shape index (κ1) is 20.2. The van der Waals surface area contributed by atoms with Crippen molar-refractivity contribution in [1.82, 2.24) is 4.90 Å². The molecule has 2 amide bonds. The molecule has 1 fully saturated rings. The van der Waals surface area contributed by atoms with E-state index >= 15 is 0 Å². The summed E-state index contributed by atoms with van der Waals surface area (Å²) in [5, 5.41) is 20.4. The minimum absolute atomic E-state index is 0.0258. The third-order valence-corrected chi connectivity index (χ3v) is 5.12. The van der Waals surface area contributed by atoms with Gasteiger partial charge in [-0.2, -0.15) is 0 Å². The van der Waals surface area contributed by atoms with Crippen LogP contribution in [0.15, 0.2) is 17.0 Å². The molecule has 0 unspecified atom stereocenters. The number of nitrogens with zero attached hydrogens (tertiary/aromatic N) is 2. The van der Waals surface area contributed by atoms with Crippen LogP contribution in [0.25, 0.3) is 6.08 Å². The number of non-ortho nitro benzene ring substituents is 1. The number of phenols is 1. The third kappa shape index (κ3) is 3.98. The van der Waals surface area contributed by atoms with Gasteiger partial charge in [0, 0.05) is 17.7 Å². The van der Waals surface area contributed by atoms with Crippen molar-refractivity contribution in [2.45, 2.75) is 19.9 Å². The standard InChI is InChI=1S/C15H13IN2O7S/c1-3-25-14(21)7(2)17-13(20)11(26-15(17)22)5-8-4-9(18(23)24)6-10(16)12(8)19/h4-7,19H,3H2,1-2H3/b11-5+/t7-/m0/s1. The van der Waals surface area contributed by atoms with Gasteiger partial charge in [-0.05, 0) is 54.3 Å². The van der Waals surface area contributed by atoms with Crippen molar-refractivity contribution in [3.8, 4) is 5.75 Å². The lowest BCUT2D eigenvalue weighted by Gasteiger charge is -2.19. The number of hydrogen-bond acceptors (Lipinski definition) is 8. The molecule has 2 rings (SSSR count). The van der Waals surface area contributed by atoms with Gasteiger partial charge in [-0.1, -0.05) is 0 Å². The first-order valence-electron chi connectivity index (χ1n) is 7.28. The highest BCUT2D eigenvalue weighted by molar-refractivity contribution is 14.1. The van der Waals surface area contributed by atoms with Crippen molar-refractivity contribution in [3.05, 3.63) is 36.3 Å². The van der Waals surface area contributed by atoms with E-state index in [2.05, 4.69) is 0 Å². The maximum absolute atomic E-state index is 12.5. The van der Waals surface area contributed by atoms with Crippen LogP contribution in [0.2, 0.25) is 0 Å². The number of ether oxygens (including phenoxy) is 1. The lowest BCUT2D eigenvalue weighted by Crippen LogP contribution is -2.42. The van der Waals surface area contributed by atoms with Gasteiger partial charge in [-0.15, -0.1) is 0 Å². The summed E-state index contributed by atoms with van der Waals surface area (Å²) in [4.78, 5) is 47.4. The highest BCUT2D eigenvalue weighted by Gasteiger charge is 2.41. The molecule has 138 valence electrons. The van der Waals surface area contributed by atoms with Crippen molar-refractivity contribution < 1.29 is 29.2 Å². The predicted molar refractivity (Wildman–Crippen MR) is 101 cm³/mol. The van der Waals surface area contributed by atoms with E-state index in [1.807, 2.05) is 0 Å². The summed E-state index contributed by atoms with van der Waals surface area (Å²) < 4.78 is 5.04. The highest BCUT2D eigenvalue weighted by atomic mass is 127. The fourth-order valence-electron chi connectivity index (χ4n) is 2.14. The Morgan fingerprint density at radius 3 is 2.73 bits per heavy atom. The second-order valence-electron chi connectivity index (χ2n) is 5.10. The van der Waals surface area contributed by atoms with E-state index < -0.39 is 28.1 Å². The van der Waals surface area contributed by atoms with Gasteiger partial charge in [-0.25, -0.2) is 4.79 Å². The van der Waals surface area contributed by atoms with Gasteiger partial charge in [0.05, 0.1) is 20.0 Å². The number of nitro benzene ring substituents is 1. The zero-order valence-electron chi connectivity index (χ0n) is 13.6. The number of nitro groups is 1. The summed E-state index contributed by atoms with van der Waals surface area (Å²) in [5.41, 5.74) is -0.240. The maximum Gasteiger partial charge on any atom is 0.329 e. The number of benzene rings is 1. The quantitative estimate of drug-likeness (QED) is 0.219. The average Bonchev–Trinajstić information content (AvgIpc) is 2.84. The van der Waals surface area contributed by atoms with Gasteiger partial charge in [0.25, 0.3) is 16.8 Å². The lowest BCUT2D eigenvalue weighted by molar-refractivity contribution is -0.385. The number of imide groups is 1. The summed E-state index contributed by atoms with van der Waals surface area (Å²) in [6.07, 6.45) is 1.19. The number of carbonyl (C=O) groups is 3. The van der Waals surface area contributed by atoms with Crippen LogP contribution in [0.3, 0.4) is 0 Å². The molecule has 11 heteroatoms. The molecule has 26 heavy (non-hydrogen) atoms. The van der Waals surface area contributed by atoms with E-state index in [4.69, 9.17) is 4.74 Å². The van der Waals surface area contributed by atoms with Crippen molar-refractivity contribution in [3.63, 3.8) is 0 Å². The third-order valence-electron chi connectivity index (χ3n) is 3.41. The summed E-state index contributed by atoms with van der Waals surface area (Å²) in [7, 11) is 0. The molecule has 0 spiro atoms. The molecule has 1 aliphatic rings. The monoisotopic (exact) mass is 492 g/mol. The molecule has 1 aromatic carbocycles. The van der Waals surface area contributed by atoms with Crippen molar-refractivity contribution in [1.29, 1.82) is 0 Å². The fourth-order valence-corrected chi connectivity index (χ4v) is 3.67. The number of amides is 2. The van der Waals surface area contributed by atoms with Crippen molar-refractivity contribution >= 4 is 63.2 Å². The molecule has 1 atom stereocenters. The van der Waals surface area contributed by atoms with Gasteiger partial charge in [-0.3, -0.25) is 24.6 Å². The molecular formula is C15H13IN2O7S. The molecule has 1 N–H and O–H groups in total. The Hall–Kier alpha value is -2.15. The Kier molecular flexibility index (Phi) is 6.23. The second kappa shape index (κ2) is 8.03. The van der Waals surface area contributed by atoms with Gasteiger partial charge in [0.1, 0.15) is 11.8 Å². The van der Waals surface area contributed by atoms with Crippen molar-refractivity contribution in [2.24, 2.45) is 0 Å². The molecule has 0 saturated carbocycles. The van der Waals surface area contributed by atoms with Gasteiger partial charge in [0.15, 0.2) is 0 Å². The van der Waals surface area contributed by atoms with Crippen molar-refractivity contribution in [2.75, 3.05) is 6.61 Å². The van der Waals surface area contributed by atoms with Crippen LogP contribution in [0, 0.1) is 13.7 Å². The van der Waals surface area contributed by atoms with Gasteiger partial charge >= 0.3 is 5.97 Å². The number of hydrogen-bond donors (Lipinski definition) is 1. The number of halogens is 1. The Bertz CT molecular complexity index is 840. The van der Waals surface area contributed by atoms with Crippen LogP contribution >= 0.6 is 34.4 Å². The molecule has 0 bridgehead atoms. The van der Waals surface area contributed by atoms with Gasteiger partial charge in [0.2, 0.25) is 0 Å². The molecular weight excluding hydrogens is 479 g/mol. The molecule has 0 aromatic heterocycles. The zero-order chi connectivity index (χ0) is 19.6. The Morgan fingerprint density at radius 1 is 1.50 bits per heavy atom. The van der Waals surface area contributed by atoms with E-state index in [9.17, 15) is 29.6 Å². The SMILES string of the molecule is CCOC(=O)[C@H](C)N1C(=O)S/C(=C/c2cc([N+](=O)[O-])cc(I)c2O)C1=O. The average molecular weight is 492 g/mol. The fraction of sp³-hybridized carbons (Fsp3) is 0.267. The van der Waals surface area contributed by atoms with E-state index in [1.54, 1.807) is 29.5 Å². The minimum atomic E-state index is -1.10. The first-order valence-corrected chi connectivity index (χ1v) is 9.17. The molecule has 1 saturated heterocycles. The Labute approximate surface area is 165 Å². The summed E-state index contributed by atoms with van der Waals surface area (Å²) in [6.45, 7) is 3.07. The minimum Gasteiger partial charge on any atom is -0.506 e. The molecule has 1 aliphatic heterocycles. The number of aromatic hydroxyl groups is 1. The van der Waals surface area contributed by atoms with Crippen LogP contribution in [-0.4, -0.2) is 44.7 Å². The number of rotatable bonds is 5. The number of thioether (sulfide) groups is 1. The summed E-state index contributed by atoms with van der Waals surface area (Å²) >= 11 is 2.30. The maximum atomic E-state index is 12.5. The van der Waals surface area contributed by atoms with E-state index in [-0.39, 0.29) is 32.1 Å². The summed E-state index contributed by atoms with van der Waals surface area (Å²) in [5.74, 6) is -1.70. The van der Waals surface area contributed by atoms with Crippen LogP contribution in [0.5, 0.6) is 5.75 Å². The smallest absolute Gasteiger partial charge is 0.329 e. The van der Waals surface area contributed by atoms with Crippen LogP contribution in [0.4, 0.5) is 10.5 Å². The van der Waals surface area contributed by atoms with E-state index in [1.165, 1.54) is 19.1 Å². The number of esters is 1. The molecule has 9 nitrogen and oxygen atoms in total. The molecule has 0 aliphatic carbocycles. The molecule has 0 radical (unpaired) electrons. The van der Waals surface area contributed by atoms with E-state index in [0.717, 1.165) is 11.0 Å². The Balaban J connectivity index is 2.39. The van der Waals surface area contributed by atoms with Gasteiger partial charge < -0.3 is 9.84 Å². The highest BCUT2D eigenvalue weighted by Crippen LogP contribution is 2.37. The Morgan fingerprint density at radius 2 is 2.15 bits per heavy atom. The second-order valence-corrected chi connectivity index (χ2v) is 7.26. The number of phenolic OH excluding ortho intramolecular Hbond substituents is 1. The first-order chi connectivity index (χ1) is 12.2. The molecule has 1 aromatic rings.